The van der Waals surface area contributed by atoms with Gasteiger partial charge in [-0.3, -0.25) is 9.78 Å². The maximum Gasteiger partial charge on any atom is 0.269 e. The summed E-state index contributed by atoms with van der Waals surface area (Å²) in [5, 5.41) is 6.15. The quantitative estimate of drug-likeness (QED) is 0.786. The van der Waals surface area contributed by atoms with Crippen molar-refractivity contribution in [2.45, 2.75) is 19.8 Å². The minimum atomic E-state index is -0.154. The lowest BCUT2D eigenvalue weighted by Gasteiger charge is -2.08. The Bertz CT molecular complexity index is 626. The van der Waals surface area contributed by atoms with E-state index in [1.165, 1.54) is 0 Å². The first-order chi connectivity index (χ1) is 11.2. The molecule has 1 aromatic heterocycles. The molecule has 1 aromatic carbocycles. The molecule has 23 heavy (non-hydrogen) atoms. The van der Waals surface area contributed by atoms with E-state index in [-0.39, 0.29) is 5.91 Å². The summed E-state index contributed by atoms with van der Waals surface area (Å²) in [6.45, 7) is 3.54. The van der Waals surface area contributed by atoms with Crippen LogP contribution in [0.4, 0.5) is 5.69 Å². The molecule has 0 saturated heterocycles. The molecule has 0 saturated carbocycles. The Balaban J connectivity index is 1.84. The Hall–Kier alpha value is -2.56. The van der Waals surface area contributed by atoms with E-state index >= 15 is 0 Å². The average molecular weight is 313 g/mol. The molecule has 0 fully saturated rings. The predicted molar refractivity (Wildman–Crippen MR) is 92.0 cm³/mol. The van der Waals surface area contributed by atoms with Crippen LogP contribution < -0.4 is 15.4 Å². The predicted octanol–water partition coefficient (Wildman–Crippen LogP) is 2.88. The molecule has 2 N–H and O–H groups in total. The molecule has 1 heterocycles. The molecule has 1 amide bonds. The van der Waals surface area contributed by atoms with Gasteiger partial charge in [-0.05, 0) is 42.7 Å². The molecule has 0 spiro atoms. The number of methoxy groups -OCH3 is 1. The van der Waals surface area contributed by atoms with Crippen molar-refractivity contribution in [3.63, 3.8) is 0 Å². The van der Waals surface area contributed by atoms with Crippen molar-refractivity contribution < 1.29 is 9.53 Å². The van der Waals surface area contributed by atoms with Crippen LogP contribution in [0.2, 0.25) is 0 Å². The highest BCUT2D eigenvalue weighted by Gasteiger charge is 2.07. The number of ether oxygens (including phenoxy) is 1. The molecule has 0 aliphatic rings. The van der Waals surface area contributed by atoms with Crippen molar-refractivity contribution in [2.75, 3.05) is 25.5 Å². The molecular weight excluding hydrogens is 290 g/mol. The van der Waals surface area contributed by atoms with Gasteiger partial charge in [0.2, 0.25) is 0 Å². The molecule has 0 atom stereocenters. The van der Waals surface area contributed by atoms with Gasteiger partial charge in [0.15, 0.2) is 0 Å². The van der Waals surface area contributed by atoms with Crippen LogP contribution in [-0.2, 0) is 6.42 Å². The molecule has 0 radical (unpaired) electrons. The summed E-state index contributed by atoms with van der Waals surface area (Å²) < 4.78 is 5.12. The number of hydrogen-bond donors (Lipinski definition) is 2. The lowest BCUT2D eigenvalue weighted by atomic mass is 10.1. The van der Waals surface area contributed by atoms with Gasteiger partial charge in [0.05, 0.1) is 7.11 Å². The minimum absolute atomic E-state index is 0.154. The van der Waals surface area contributed by atoms with Crippen LogP contribution in [0.3, 0.4) is 0 Å². The van der Waals surface area contributed by atoms with Gasteiger partial charge in [-0.2, -0.15) is 0 Å². The van der Waals surface area contributed by atoms with Crippen molar-refractivity contribution in [1.82, 2.24) is 10.3 Å². The molecule has 5 nitrogen and oxygen atoms in total. The number of benzene rings is 1. The normalized spacial score (nSPS) is 10.2. The van der Waals surface area contributed by atoms with Crippen LogP contribution in [0, 0.1) is 0 Å². The smallest absolute Gasteiger partial charge is 0.269 e. The number of nitrogens with one attached hydrogen (secondary N) is 2. The fourth-order valence-corrected chi connectivity index (χ4v) is 2.14. The largest absolute Gasteiger partial charge is 0.497 e. The van der Waals surface area contributed by atoms with E-state index in [0.29, 0.717) is 12.2 Å². The van der Waals surface area contributed by atoms with Gasteiger partial charge in [0.1, 0.15) is 11.4 Å². The van der Waals surface area contributed by atoms with E-state index in [1.54, 1.807) is 19.4 Å². The number of carbonyl (C=O) groups excluding carboxylic acids is 1. The van der Waals surface area contributed by atoms with Crippen LogP contribution in [-0.4, -0.2) is 31.1 Å². The molecule has 5 heteroatoms. The zero-order chi connectivity index (χ0) is 16.5. The number of hydrogen-bond acceptors (Lipinski definition) is 4. The number of rotatable bonds is 8. The number of pyridine rings is 1. The highest BCUT2D eigenvalue weighted by Crippen LogP contribution is 2.11. The fraction of sp³-hybridized carbons (Fsp3) is 0.333. The maximum atomic E-state index is 12.1. The standard InChI is InChI=1S/C18H23N3O2/c1-3-10-19-15-9-12-20-17(13-15)18(22)21-11-8-14-4-6-16(23-2)7-5-14/h4-7,9,12-13H,3,8,10-11H2,1-2H3,(H,19,20)(H,21,22). The average Bonchev–Trinajstić information content (AvgIpc) is 2.60. The Morgan fingerprint density at radius 1 is 1.17 bits per heavy atom. The van der Waals surface area contributed by atoms with E-state index in [9.17, 15) is 4.79 Å². The topological polar surface area (TPSA) is 63.2 Å². The molecule has 2 rings (SSSR count). The van der Waals surface area contributed by atoms with Gasteiger partial charge >= 0.3 is 0 Å². The Labute approximate surface area is 137 Å². The van der Waals surface area contributed by atoms with Gasteiger partial charge in [-0.25, -0.2) is 0 Å². The number of aromatic nitrogens is 1. The summed E-state index contributed by atoms with van der Waals surface area (Å²) in [6, 6.07) is 11.5. The van der Waals surface area contributed by atoms with Gasteiger partial charge in [-0.1, -0.05) is 19.1 Å². The summed E-state index contributed by atoms with van der Waals surface area (Å²) in [6.07, 6.45) is 3.45. The molecular formula is C18H23N3O2. The van der Waals surface area contributed by atoms with Crippen LogP contribution >= 0.6 is 0 Å². The Morgan fingerprint density at radius 2 is 1.96 bits per heavy atom. The first-order valence-electron chi connectivity index (χ1n) is 7.84. The van der Waals surface area contributed by atoms with Crippen molar-refractivity contribution in [2.24, 2.45) is 0 Å². The SMILES string of the molecule is CCCNc1ccnc(C(=O)NCCc2ccc(OC)cc2)c1. The summed E-state index contributed by atoms with van der Waals surface area (Å²) in [5.41, 5.74) is 2.50. The monoisotopic (exact) mass is 313 g/mol. The van der Waals surface area contributed by atoms with Gasteiger partial charge in [-0.15, -0.1) is 0 Å². The van der Waals surface area contributed by atoms with Gasteiger partial charge < -0.3 is 15.4 Å². The van der Waals surface area contributed by atoms with E-state index in [2.05, 4.69) is 22.5 Å². The lowest BCUT2D eigenvalue weighted by Crippen LogP contribution is -2.26. The summed E-state index contributed by atoms with van der Waals surface area (Å²) in [4.78, 5) is 16.3. The first-order valence-corrected chi connectivity index (χ1v) is 7.84. The van der Waals surface area contributed by atoms with Crippen molar-refractivity contribution in [1.29, 1.82) is 0 Å². The highest BCUT2D eigenvalue weighted by molar-refractivity contribution is 5.93. The van der Waals surface area contributed by atoms with Crippen LogP contribution in [0.15, 0.2) is 42.6 Å². The fourth-order valence-electron chi connectivity index (χ4n) is 2.14. The van der Waals surface area contributed by atoms with Gasteiger partial charge in [0, 0.05) is 25.0 Å². The van der Waals surface area contributed by atoms with Crippen LogP contribution in [0.25, 0.3) is 0 Å². The number of nitrogens with zero attached hydrogens (tertiary/aromatic N) is 1. The number of carbonyl (C=O) groups is 1. The number of amides is 1. The third kappa shape index (κ3) is 5.29. The van der Waals surface area contributed by atoms with Crippen molar-refractivity contribution in [3.05, 3.63) is 53.9 Å². The Kier molecular flexibility index (Phi) is 6.41. The summed E-state index contributed by atoms with van der Waals surface area (Å²) in [5.74, 6) is 0.678. The van der Waals surface area contributed by atoms with E-state index in [4.69, 9.17) is 4.74 Å². The molecule has 122 valence electrons. The van der Waals surface area contributed by atoms with Crippen molar-refractivity contribution >= 4 is 11.6 Å². The maximum absolute atomic E-state index is 12.1. The minimum Gasteiger partial charge on any atom is -0.497 e. The zero-order valence-corrected chi connectivity index (χ0v) is 13.6. The molecule has 2 aromatic rings. The molecule has 0 bridgehead atoms. The third-order valence-electron chi connectivity index (χ3n) is 3.43. The molecule has 0 unspecified atom stereocenters. The highest BCUT2D eigenvalue weighted by atomic mass is 16.5. The van der Waals surface area contributed by atoms with E-state index in [0.717, 1.165) is 36.4 Å². The van der Waals surface area contributed by atoms with Gasteiger partial charge in [0.25, 0.3) is 5.91 Å². The summed E-state index contributed by atoms with van der Waals surface area (Å²) >= 11 is 0. The van der Waals surface area contributed by atoms with Crippen molar-refractivity contribution in [3.8, 4) is 5.75 Å². The second-order valence-corrected chi connectivity index (χ2v) is 5.21. The molecule has 0 aliphatic heterocycles. The number of anilines is 1. The van der Waals surface area contributed by atoms with Crippen LogP contribution in [0.1, 0.15) is 29.4 Å². The zero-order valence-electron chi connectivity index (χ0n) is 13.6. The lowest BCUT2D eigenvalue weighted by molar-refractivity contribution is 0.0949. The van der Waals surface area contributed by atoms with E-state index < -0.39 is 0 Å². The summed E-state index contributed by atoms with van der Waals surface area (Å²) in [7, 11) is 1.64. The second-order valence-electron chi connectivity index (χ2n) is 5.21. The first kappa shape index (κ1) is 16.8. The van der Waals surface area contributed by atoms with Crippen LogP contribution in [0.5, 0.6) is 5.75 Å². The third-order valence-corrected chi connectivity index (χ3v) is 3.43. The Morgan fingerprint density at radius 3 is 2.65 bits per heavy atom. The van der Waals surface area contributed by atoms with E-state index in [1.807, 2.05) is 30.3 Å². The molecule has 0 aliphatic carbocycles. The second kappa shape index (κ2) is 8.78.